The average molecular weight is 373 g/mol. The number of amides is 1. The lowest BCUT2D eigenvalue weighted by atomic mass is 10.1. The third-order valence-electron chi connectivity index (χ3n) is 4.70. The third kappa shape index (κ3) is 3.99. The highest BCUT2D eigenvalue weighted by Crippen LogP contribution is 2.36. The number of carbonyl (C=O) groups is 1. The highest BCUT2D eigenvalue weighted by atomic mass is 32.1. The standard InChI is InChI=1S/C19H23N3O3S/c23-18(22-8-2-1-3-9-22)6-7-20-11-15-12-26-19(21-15)14-4-5-16-17(10-14)25-13-24-16/h4-5,10,12,20H,1-3,6-9,11,13H2. The van der Waals surface area contributed by atoms with Crippen LogP contribution in [-0.4, -0.2) is 42.2 Å². The van der Waals surface area contributed by atoms with Crippen LogP contribution in [0.2, 0.25) is 0 Å². The van der Waals surface area contributed by atoms with E-state index in [-0.39, 0.29) is 12.7 Å². The fourth-order valence-corrected chi connectivity index (χ4v) is 4.08. The number of nitrogens with one attached hydrogen (secondary N) is 1. The molecule has 1 saturated heterocycles. The Hall–Kier alpha value is -2.12. The van der Waals surface area contributed by atoms with E-state index < -0.39 is 0 Å². The third-order valence-corrected chi connectivity index (χ3v) is 5.64. The van der Waals surface area contributed by atoms with Crippen molar-refractivity contribution in [3.05, 3.63) is 29.3 Å². The Balaban J connectivity index is 1.25. The Morgan fingerprint density at radius 2 is 2.04 bits per heavy atom. The number of nitrogens with zero attached hydrogens (tertiary/aromatic N) is 2. The van der Waals surface area contributed by atoms with Gasteiger partial charge in [-0.15, -0.1) is 11.3 Å². The van der Waals surface area contributed by atoms with Gasteiger partial charge in [-0.25, -0.2) is 4.98 Å². The van der Waals surface area contributed by atoms with Crippen LogP contribution in [0.4, 0.5) is 0 Å². The van der Waals surface area contributed by atoms with Crippen molar-refractivity contribution in [3.8, 4) is 22.1 Å². The molecule has 1 amide bonds. The monoisotopic (exact) mass is 373 g/mol. The number of piperidine rings is 1. The van der Waals surface area contributed by atoms with Crippen molar-refractivity contribution >= 4 is 17.2 Å². The molecule has 0 spiro atoms. The van der Waals surface area contributed by atoms with Crippen LogP contribution in [0.1, 0.15) is 31.4 Å². The van der Waals surface area contributed by atoms with Crippen molar-refractivity contribution in [3.63, 3.8) is 0 Å². The maximum atomic E-state index is 12.1. The second-order valence-electron chi connectivity index (χ2n) is 6.58. The van der Waals surface area contributed by atoms with Crippen molar-refractivity contribution in [1.82, 2.24) is 15.2 Å². The van der Waals surface area contributed by atoms with Crippen molar-refractivity contribution in [2.45, 2.75) is 32.2 Å². The van der Waals surface area contributed by atoms with Crippen LogP contribution in [0.5, 0.6) is 11.5 Å². The zero-order valence-electron chi connectivity index (χ0n) is 14.7. The molecule has 2 aliphatic heterocycles. The van der Waals surface area contributed by atoms with E-state index in [9.17, 15) is 4.79 Å². The molecule has 2 aromatic rings. The zero-order valence-corrected chi connectivity index (χ0v) is 15.5. The highest BCUT2D eigenvalue weighted by molar-refractivity contribution is 7.13. The largest absolute Gasteiger partial charge is 0.454 e. The summed E-state index contributed by atoms with van der Waals surface area (Å²) in [6.07, 6.45) is 4.08. The Kier molecular flexibility index (Phi) is 5.36. The summed E-state index contributed by atoms with van der Waals surface area (Å²) in [5, 5.41) is 6.35. The van der Waals surface area contributed by atoms with Gasteiger partial charge in [0, 0.05) is 43.5 Å². The minimum atomic E-state index is 0.261. The van der Waals surface area contributed by atoms with Crippen LogP contribution in [-0.2, 0) is 11.3 Å². The normalized spacial score (nSPS) is 16.1. The molecule has 0 saturated carbocycles. The Morgan fingerprint density at radius 3 is 2.92 bits per heavy atom. The number of thiazole rings is 1. The first-order valence-electron chi connectivity index (χ1n) is 9.12. The number of likely N-dealkylation sites (tertiary alicyclic amines) is 1. The molecule has 7 heteroatoms. The van der Waals surface area contributed by atoms with Gasteiger partial charge in [0.1, 0.15) is 5.01 Å². The fraction of sp³-hybridized carbons (Fsp3) is 0.474. The van der Waals surface area contributed by atoms with E-state index in [0.717, 1.165) is 53.7 Å². The molecule has 1 fully saturated rings. The second-order valence-corrected chi connectivity index (χ2v) is 7.44. The summed E-state index contributed by atoms with van der Waals surface area (Å²) in [5.74, 6) is 1.82. The summed E-state index contributed by atoms with van der Waals surface area (Å²) in [7, 11) is 0. The van der Waals surface area contributed by atoms with Crippen LogP contribution in [0.25, 0.3) is 10.6 Å². The summed E-state index contributed by atoms with van der Waals surface area (Å²) in [5.41, 5.74) is 2.03. The van der Waals surface area contributed by atoms with E-state index in [4.69, 9.17) is 9.47 Å². The smallest absolute Gasteiger partial charge is 0.231 e. The first-order chi connectivity index (χ1) is 12.8. The summed E-state index contributed by atoms with van der Waals surface area (Å²) in [6, 6.07) is 5.89. The molecule has 0 unspecified atom stereocenters. The van der Waals surface area contributed by atoms with Gasteiger partial charge in [0.25, 0.3) is 0 Å². The van der Waals surface area contributed by atoms with Crippen LogP contribution >= 0.6 is 11.3 Å². The quantitative estimate of drug-likeness (QED) is 0.789. The topological polar surface area (TPSA) is 63.7 Å². The molecule has 1 aromatic carbocycles. The first kappa shape index (κ1) is 17.3. The van der Waals surface area contributed by atoms with E-state index in [2.05, 4.69) is 15.7 Å². The molecule has 138 valence electrons. The molecule has 1 aromatic heterocycles. The van der Waals surface area contributed by atoms with Crippen LogP contribution < -0.4 is 14.8 Å². The van der Waals surface area contributed by atoms with Crippen LogP contribution in [0.15, 0.2) is 23.6 Å². The molecule has 4 rings (SSSR count). The van der Waals surface area contributed by atoms with Gasteiger partial charge < -0.3 is 19.7 Å². The van der Waals surface area contributed by atoms with Gasteiger partial charge >= 0.3 is 0 Å². The van der Waals surface area contributed by atoms with Crippen LogP contribution in [0, 0.1) is 0 Å². The Bertz CT molecular complexity index is 771. The number of fused-ring (bicyclic) bond motifs is 1. The number of ether oxygens (including phenoxy) is 2. The first-order valence-corrected chi connectivity index (χ1v) is 10.0. The lowest BCUT2D eigenvalue weighted by Gasteiger charge is -2.26. The second kappa shape index (κ2) is 8.05. The zero-order chi connectivity index (χ0) is 17.8. The number of aromatic nitrogens is 1. The van der Waals surface area contributed by atoms with Gasteiger partial charge in [0.05, 0.1) is 5.69 Å². The van der Waals surface area contributed by atoms with E-state index in [0.29, 0.717) is 19.5 Å². The van der Waals surface area contributed by atoms with Crippen molar-refractivity contribution in [2.75, 3.05) is 26.4 Å². The summed E-state index contributed by atoms with van der Waals surface area (Å²) >= 11 is 1.61. The van der Waals surface area contributed by atoms with Crippen molar-refractivity contribution in [1.29, 1.82) is 0 Å². The lowest BCUT2D eigenvalue weighted by molar-refractivity contribution is -0.131. The van der Waals surface area contributed by atoms with E-state index >= 15 is 0 Å². The van der Waals surface area contributed by atoms with Gasteiger partial charge in [-0.2, -0.15) is 0 Å². The van der Waals surface area contributed by atoms with E-state index in [1.807, 2.05) is 23.1 Å². The maximum absolute atomic E-state index is 12.1. The summed E-state index contributed by atoms with van der Waals surface area (Å²) in [6.45, 7) is 3.48. The minimum Gasteiger partial charge on any atom is -0.454 e. The highest BCUT2D eigenvalue weighted by Gasteiger charge is 2.16. The molecule has 26 heavy (non-hydrogen) atoms. The molecular formula is C19H23N3O3S. The molecule has 0 atom stereocenters. The summed E-state index contributed by atoms with van der Waals surface area (Å²) < 4.78 is 10.8. The van der Waals surface area contributed by atoms with Crippen LogP contribution in [0.3, 0.4) is 0 Å². The maximum Gasteiger partial charge on any atom is 0.231 e. The molecule has 0 radical (unpaired) electrons. The van der Waals surface area contributed by atoms with E-state index in [1.165, 1.54) is 6.42 Å². The fourth-order valence-electron chi connectivity index (χ4n) is 3.26. The molecule has 1 N–H and O–H groups in total. The van der Waals surface area contributed by atoms with Gasteiger partial charge in [-0.1, -0.05) is 0 Å². The van der Waals surface area contributed by atoms with Gasteiger partial charge in [-0.05, 0) is 37.5 Å². The predicted molar refractivity (Wildman–Crippen MR) is 100 cm³/mol. The lowest BCUT2D eigenvalue weighted by Crippen LogP contribution is -2.37. The van der Waals surface area contributed by atoms with Gasteiger partial charge in [0.2, 0.25) is 12.7 Å². The number of rotatable bonds is 6. The van der Waals surface area contributed by atoms with Crippen molar-refractivity contribution in [2.24, 2.45) is 0 Å². The minimum absolute atomic E-state index is 0.261. The SMILES string of the molecule is O=C(CCNCc1csc(-c2ccc3c(c2)OCO3)n1)N1CCCCC1. The Labute approximate surface area is 157 Å². The molecule has 3 heterocycles. The molecular weight excluding hydrogens is 350 g/mol. The number of benzene rings is 1. The number of hydrogen-bond acceptors (Lipinski definition) is 6. The predicted octanol–water partition coefficient (Wildman–Crippen LogP) is 3.03. The summed E-state index contributed by atoms with van der Waals surface area (Å²) in [4.78, 5) is 18.8. The average Bonchev–Trinajstić information content (AvgIpc) is 3.34. The number of hydrogen-bond donors (Lipinski definition) is 1. The molecule has 0 aliphatic carbocycles. The number of carbonyl (C=O) groups excluding carboxylic acids is 1. The van der Waals surface area contributed by atoms with Crippen molar-refractivity contribution < 1.29 is 14.3 Å². The molecule has 6 nitrogen and oxygen atoms in total. The van der Waals surface area contributed by atoms with Gasteiger partial charge in [0.15, 0.2) is 11.5 Å². The Morgan fingerprint density at radius 1 is 1.19 bits per heavy atom. The van der Waals surface area contributed by atoms with E-state index in [1.54, 1.807) is 11.3 Å². The van der Waals surface area contributed by atoms with Gasteiger partial charge in [-0.3, -0.25) is 4.79 Å². The molecule has 2 aliphatic rings. The molecule has 0 bridgehead atoms.